The van der Waals surface area contributed by atoms with E-state index in [1.807, 2.05) is 6.07 Å². The Morgan fingerprint density at radius 3 is 2.68 bits per heavy atom. The highest BCUT2D eigenvalue weighted by Crippen LogP contribution is 2.22. The lowest BCUT2D eigenvalue weighted by molar-refractivity contribution is 0.370. The van der Waals surface area contributed by atoms with Gasteiger partial charge in [0.2, 0.25) is 0 Å². The zero-order chi connectivity index (χ0) is 14.3. The fourth-order valence-electron chi connectivity index (χ4n) is 2.25. The lowest BCUT2D eigenvalue weighted by atomic mass is 9.96. The second-order valence-electron chi connectivity index (χ2n) is 5.41. The minimum atomic E-state index is -0.316. The van der Waals surface area contributed by atoms with Crippen LogP contribution >= 0.6 is 11.6 Å². The van der Waals surface area contributed by atoms with Crippen molar-refractivity contribution < 1.29 is 4.39 Å². The van der Waals surface area contributed by atoms with Gasteiger partial charge in [-0.1, -0.05) is 44.5 Å². The van der Waals surface area contributed by atoms with Gasteiger partial charge in [-0.25, -0.2) is 4.39 Å². The fraction of sp³-hybridized carbons (Fsp3) is 0.625. The van der Waals surface area contributed by atoms with Crippen LogP contribution < -0.4 is 5.32 Å². The van der Waals surface area contributed by atoms with Gasteiger partial charge in [0, 0.05) is 6.04 Å². The molecule has 108 valence electrons. The molecular weight excluding hydrogens is 261 g/mol. The Kier molecular flexibility index (Phi) is 7.40. The van der Waals surface area contributed by atoms with E-state index in [1.54, 1.807) is 6.07 Å². The minimum Gasteiger partial charge on any atom is -0.314 e. The Labute approximate surface area is 121 Å². The molecule has 0 aliphatic rings. The molecule has 1 aromatic carbocycles. The first kappa shape index (κ1) is 16.5. The molecule has 1 N–H and O–H groups in total. The minimum absolute atomic E-state index is 0.283. The van der Waals surface area contributed by atoms with Gasteiger partial charge in [0.25, 0.3) is 0 Å². The summed E-state index contributed by atoms with van der Waals surface area (Å²) in [6.07, 6.45) is 4.12. The Bertz CT molecular complexity index is 379. The molecule has 1 aromatic rings. The van der Waals surface area contributed by atoms with Crippen molar-refractivity contribution in [3.8, 4) is 0 Å². The normalized spacial score (nSPS) is 12.9. The van der Waals surface area contributed by atoms with Gasteiger partial charge in [-0.3, -0.25) is 0 Å². The third kappa shape index (κ3) is 5.50. The number of hydrogen-bond acceptors (Lipinski definition) is 1. The molecule has 0 aliphatic carbocycles. The van der Waals surface area contributed by atoms with Gasteiger partial charge >= 0.3 is 0 Å². The molecular formula is C16H25ClFN. The summed E-state index contributed by atoms with van der Waals surface area (Å²) in [6, 6.07) is 5.58. The van der Waals surface area contributed by atoms with E-state index in [0.717, 1.165) is 37.8 Å². The summed E-state index contributed by atoms with van der Waals surface area (Å²) < 4.78 is 13.3. The van der Waals surface area contributed by atoms with Crippen LogP contribution in [0.1, 0.15) is 45.6 Å². The van der Waals surface area contributed by atoms with Crippen molar-refractivity contribution >= 4 is 11.6 Å². The smallest absolute Gasteiger partial charge is 0.142 e. The Hall–Kier alpha value is -0.600. The van der Waals surface area contributed by atoms with Crippen LogP contribution in [-0.2, 0) is 6.42 Å². The van der Waals surface area contributed by atoms with E-state index in [0.29, 0.717) is 12.0 Å². The Balaban J connectivity index is 2.45. The maximum Gasteiger partial charge on any atom is 0.142 e. The maximum absolute atomic E-state index is 13.3. The number of aryl methyl sites for hydroxylation is 1. The van der Waals surface area contributed by atoms with E-state index >= 15 is 0 Å². The highest BCUT2D eigenvalue weighted by Gasteiger charge is 2.12. The molecule has 0 saturated carbocycles. The molecule has 0 aliphatic heterocycles. The molecule has 1 rings (SSSR count). The molecule has 0 aromatic heterocycles. The first-order valence-electron chi connectivity index (χ1n) is 7.22. The largest absolute Gasteiger partial charge is 0.314 e. The molecule has 3 heteroatoms. The molecule has 1 nitrogen and oxygen atoms in total. The van der Waals surface area contributed by atoms with E-state index in [4.69, 9.17) is 11.6 Å². The standard InChI is InChI=1S/C16H25ClFN/c1-4-11-19-15(12(2)3)10-6-8-13-7-5-9-14(18)16(13)17/h5,7,9,12,15,19H,4,6,8,10-11H2,1-3H3. The first-order chi connectivity index (χ1) is 9.06. The molecule has 1 atom stereocenters. The Morgan fingerprint density at radius 1 is 1.32 bits per heavy atom. The molecule has 19 heavy (non-hydrogen) atoms. The monoisotopic (exact) mass is 285 g/mol. The molecule has 0 spiro atoms. The average Bonchev–Trinajstić information content (AvgIpc) is 2.38. The number of nitrogens with one attached hydrogen (secondary N) is 1. The molecule has 0 saturated heterocycles. The van der Waals surface area contributed by atoms with Gasteiger partial charge in [-0.05, 0) is 49.8 Å². The summed E-state index contributed by atoms with van der Waals surface area (Å²) in [4.78, 5) is 0. The molecule has 0 heterocycles. The van der Waals surface area contributed by atoms with Crippen molar-refractivity contribution in [1.82, 2.24) is 5.32 Å². The number of hydrogen-bond donors (Lipinski definition) is 1. The van der Waals surface area contributed by atoms with Crippen LogP contribution in [0.5, 0.6) is 0 Å². The highest BCUT2D eigenvalue weighted by atomic mass is 35.5. The zero-order valence-electron chi connectivity index (χ0n) is 12.2. The van der Waals surface area contributed by atoms with Gasteiger partial charge in [0.15, 0.2) is 0 Å². The van der Waals surface area contributed by atoms with Crippen LogP contribution in [0.3, 0.4) is 0 Å². The first-order valence-corrected chi connectivity index (χ1v) is 7.60. The third-order valence-electron chi connectivity index (χ3n) is 3.45. The van der Waals surface area contributed by atoms with Crippen LogP contribution in [0.15, 0.2) is 18.2 Å². The summed E-state index contributed by atoms with van der Waals surface area (Å²) in [5, 5.41) is 3.86. The summed E-state index contributed by atoms with van der Waals surface area (Å²) in [6.45, 7) is 7.71. The third-order valence-corrected chi connectivity index (χ3v) is 3.88. The number of halogens is 2. The van der Waals surface area contributed by atoms with Crippen LogP contribution in [0.4, 0.5) is 4.39 Å². The average molecular weight is 286 g/mol. The predicted octanol–water partition coefficient (Wildman–Crippen LogP) is 4.83. The van der Waals surface area contributed by atoms with Crippen molar-refractivity contribution in [3.05, 3.63) is 34.6 Å². The SMILES string of the molecule is CCCNC(CCCc1cccc(F)c1Cl)C(C)C. The van der Waals surface area contributed by atoms with E-state index in [1.165, 1.54) is 6.07 Å². The van der Waals surface area contributed by atoms with E-state index < -0.39 is 0 Å². The summed E-state index contributed by atoms with van der Waals surface area (Å²) in [5.74, 6) is 0.304. The topological polar surface area (TPSA) is 12.0 Å². The van der Waals surface area contributed by atoms with Crippen LogP contribution in [0.2, 0.25) is 5.02 Å². The summed E-state index contributed by atoms with van der Waals surface area (Å²) in [5.41, 5.74) is 0.916. The van der Waals surface area contributed by atoms with E-state index in [9.17, 15) is 4.39 Å². The molecule has 0 radical (unpaired) electrons. The zero-order valence-corrected chi connectivity index (χ0v) is 12.9. The summed E-state index contributed by atoms with van der Waals surface area (Å²) in [7, 11) is 0. The van der Waals surface area contributed by atoms with Gasteiger partial charge in [0.05, 0.1) is 5.02 Å². The van der Waals surface area contributed by atoms with Gasteiger partial charge < -0.3 is 5.32 Å². The predicted molar refractivity (Wildman–Crippen MR) is 81.3 cm³/mol. The maximum atomic E-state index is 13.3. The van der Waals surface area contributed by atoms with E-state index in [2.05, 4.69) is 26.1 Å². The second kappa shape index (κ2) is 8.55. The van der Waals surface area contributed by atoms with Crippen LogP contribution in [-0.4, -0.2) is 12.6 Å². The lowest BCUT2D eigenvalue weighted by Gasteiger charge is -2.22. The van der Waals surface area contributed by atoms with Crippen molar-refractivity contribution in [3.63, 3.8) is 0 Å². The number of benzene rings is 1. The second-order valence-corrected chi connectivity index (χ2v) is 5.79. The summed E-state index contributed by atoms with van der Waals surface area (Å²) >= 11 is 5.96. The number of rotatable bonds is 8. The molecule has 0 fully saturated rings. The molecule has 0 bridgehead atoms. The fourth-order valence-corrected chi connectivity index (χ4v) is 2.48. The van der Waals surface area contributed by atoms with Crippen molar-refractivity contribution in [2.75, 3.05) is 6.54 Å². The van der Waals surface area contributed by atoms with Gasteiger partial charge in [-0.2, -0.15) is 0 Å². The van der Waals surface area contributed by atoms with Crippen molar-refractivity contribution in [1.29, 1.82) is 0 Å². The van der Waals surface area contributed by atoms with Crippen molar-refractivity contribution in [2.45, 2.75) is 52.5 Å². The van der Waals surface area contributed by atoms with Gasteiger partial charge in [-0.15, -0.1) is 0 Å². The van der Waals surface area contributed by atoms with Crippen molar-refractivity contribution in [2.24, 2.45) is 5.92 Å². The highest BCUT2D eigenvalue weighted by molar-refractivity contribution is 6.31. The molecule has 1 unspecified atom stereocenters. The Morgan fingerprint density at radius 2 is 2.05 bits per heavy atom. The van der Waals surface area contributed by atoms with Gasteiger partial charge in [0.1, 0.15) is 5.82 Å². The van der Waals surface area contributed by atoms with Crippen LogP contribution in [0, 0.1) is 11.7 Å². The quantitative estimate of drug-likeness (QED) is 0.722. The molecule has 0 amide bonds. The lowest BCUT2D eigenvalue weighted by Crippen LogP contribution is -2.34. The van der Waals surface area contributed by atoms with E-state index in [-0.39, 0.29) is 10.8 Å². The van der Waals surface area contributed by atoms with Crippen LogP contribution in [0.25, 0.3) is 0 Å².